The normalized spacial score (nSPS) is 15.6. The summed E-state index contributed by atoms with van der Waals surface area (Å²) < 4.78 is 5.62. The molecule has 0 saturated heterocycles. The highest BCUT2D eigenvalue weighted by molar-refractivity contribution is 6.30. The molecule has 0 bridgehead atoms. The van der Waals surface area contributed by atoms with E-state index >= 15 is 0 Å². The van der Waals surface area contributed by atoms with Crippen molar-refractivity contribution < 1.29 is 9.53 Å². The molecular formula is C18H12ClN3O2. The third-order valence-corrected chi connectivity index (χ3v) is 3.86. The molecule has 1 aliphatic rings. The van der Waals surface area contributed by atoms with Gasteiger partial charge in [0.2, 0.25) is 11.7 Å². The molecule has 0 amide bonds. The minimum Gasteiger partial charge on any atom is -0.437 e. The van der Waals surface area contributed by atoms with E-state index in [1.54, 1.807) is 30.6 Å². The molecule has 0 atom stereocenters. The number of ketones is 1. The summed E-state index contributed by atoms with van der Waals surface area (Å²) in [5, 5.41) is 4.62. The van der Waals surface area contributed by atoms with Crippen molar-refractivity contribution in [1.29, 1.82) is 0 Å². The van der Waals surface area contributed by atoms with Crippen LogP contribution < -0.4 is 5.32 Å². The molecule has 0 aliphatic carbocycles. The molecule has 1 aromatic carbocycles. The largest absolute Gasteiger partial charge is 0.437 e. The average Bonchev–Trinajstić information content (AvgIpc) is 3.14. The summed E-state index contributed by atoms with van der Waals surface area (Å²) in [4.78, 5) is 19.4. The first-order chi connectivity index (χ1) is 11.7. The molecule has 4 rings (SSSR count). The van der Waals surface area contributed by atoms with E-state index < -0.39 is 0 Å². The standard InChI is InChI=1S/C18H12ClN3O2/c19-12-3-5-13(6-4-12)22-17-9-15(23)16(24-17)8-11-10-21-18-14(11)2-1-7-20-18/h1-10,22H,(H,20,21). The molecule has 5 nitrogen and oxygen atoms in total. The van der Waals surface area contributed by atoms with Crippen molar-refractivity contribution in [3.63, 3.8) is 0 Å². The minimum atomic E-state index is -0.190. The number of nitrogens with zero attached hydrogens (tertiary/aromatic N) is 1. The summed E-state index contributed by atoms with van der Waals surface area (Å²) in [7, 11) is 0. The van der Waals surface area contributed by atoms with Crippen molar-refractivity contribution in [1.82, 2.24) is 9.97 Å². The number of fused-ring (bicyclic) bond motifs is 1. The molecule has 0 saturated carbocycles. The number of aromatic nitrogens is 2. The van der Waals surface area contributed by atoms with Gasteiger partial charge in [-0.25, -0.2) is 4.98 Å². The van der Waals surface area contributed by atoms with Gasteiger partial charge in [-0.2, -0.15) is 0 Å². The summed E-state index contributed by atoms with van der Waals surface area (Å²) in [5.74, 6) is 0.451. The van der Waals surface area contributed by atoms with Gasteiger partial charge in [-0.05, 0) is 42.5 Å². The molecule has 3 aromatic rings. The lowest BCUT2D eigenvalue weighted by Crippen LogP contribution is -1.99. The highest BCUT2D eigenvalue weighted by atomic mass is 35.5. The maximum atomic E-state index is 12.1. The predicted molar refractivity (Wildman–Crippen MR) is 93.3 cm³/mol. The molecule has 3 heterocycles. The van der Waals surface area contributed by atoms with Gasteiger partial charge in [0.1, 0.15) is 5.65 Å². The Morgan fingerprint density at radius 2 is 2.04 bits per heavy atom. The van der Waals surface area contributed by atoms with Gasteiger partial charge >= 0.3 is 0 Å². The zero-order chi connectivity index (χ0) is 16.5. The number of carbonyl (C=O) groups excluding carboxylic acids is 1. The number of H-pyrrole nitrogens is 1. The number of carbonyl (C=O) groups is 1. The fraction of sp³-hybridized carbons (Fsp3) is 0. The fourth-order valence-electron chi connectivity index (χ4n) is 2.46. The summed E-state index contributed by atoms with van der Waals surface area (Å²) in [6.45, 7) is 0. The molecule has 0 spiro atoms. The molecule has 2 aromatic heterocycles. The van der Waals surface area contributed by atoms with Gasteiger partial charge in [0.05, 0.1) is 6.08 Å². The van der Waals surface area contributed by atoms with Crippen LogP contribution >= 0.6 is 11.6 Å². The second kappa shape index (κ2) is 5.86. The van der Waals surface area contributed by atoms with E-state index in [1.165, 1.54) is 6.08 Å². The number of ether oxygens (including phenoxy) is 1. The zero-order valence-electron chi connectivity index (χ0n) is 12.4. The number of rotatable bonds is 3. The molecule has 2 N–H and O–H groups in total. The van der Waals surface area contributed by atoms with E-state index in [4.69, 9.17) is 16.3 Å². The third-order valence-electron chi connectivity index (χ3n) is 3.61. The quantitative estimate of drug-likeness (QED) is 0.706. The van der Waals surface area contributed by atoms with Crippen LogP contribution in [0.2, 0.25) is 5.02 Å². The molecule has 0 radical (unpaired) electrons. The van der Waals surface area contributed by atoms with E-state index in [-0.39, 0.29) is 11.5 Å². The van der Waals surface area contributed by atoms with E-state index in [2.05, 4.69) is 15.3 Å². The van der Waals surface area contributed by atoms with Gasteiger partial charge in [0, 0.05) is 34.1 Å². The van der Waals surface area contributed by atoms with Crippen LogP contribution in [0.15, 0.2) is 66.5 Å². The van der Waals surface area contributed by atoms with Crippen molar-refractivity contribution in [2.45, 2.75) is 0 Å². The lowest BCUT2D eigenvalue weighted by Gasteiger charge is -2.07. The first-order valence-corrected chi connectivity index (χ1v) is 7.67. The van der Waals surface area contributed by atoms with Crippen molar-refractivity contribution in [3.05, 3.63) is 77.1 Å². The van der Waals surface area contributed by atoms with Crippen molar-refractivity contribution in [2.24, 2.45) is 0 Å². The number of pyridine rings is 1. The first kappa shape index (κ1) is 14.5. The summed E-state index contributed by atoms with van der Waals surface area (Å²) in [6.07, 6.45) is 6.64. The molecule has 6 heteroatoms. The molecule has 1 aliphatic heterocycles. The third kappa shape index (κ3) is 2.77. The van der Waals surface area contributed by atoms with Gasteiger partial charge in [-0.15, -0.1) is 0 Å². The Kier molecular flexibility index (Phi) is 3.55. The molecule has 0 fully saturated rings. The average molecular weight is 338 g/mol. The Bertz CT molecular complexity index is 987. The summed E-state index contributed by atoms with van der Waals surface area (Å²) in [5.41, 5.74) is 2.40. The van der Waals surface area contributed by atoms with Crippen molar-refractivity contribution in [3.8, 4) is 0 Å². The zero-order valence-corrected chi connectivity index (χ0v) is 13.2. The van der Waals surface area contributed by atoms with Gasteiger partial charge in [0.15, 0.2) is 5.76 Å². The van der Waals surface area contributed by atoms with E-state index in [0.717, 1.165) is 22.3 Å². The smallest absolute Gasteiger partial charge is 0.226 e. The van der Waals surface area contributed by atoms with Crippen LogP contribution in [0.1, 0.15) is 5.56 Å². The topological polar surface area (TPSA) is 67.0 Å². The second-order valence-electron chi connectivity index (χ2n) is 5.26. The number of benzene rings is 1. The maximum Gasteiger partial charge on any atom is 0.226 e. The molecule has 0 unspecified atom stereocenters. The lowest BCUT2D eigenvalue weighted by atomic mass is 10.2. The van der Waals surface area contributed by atoms with E-state index in [1.807, 2.05) is 24.3 Å². The predicted octanol–water partition coefficient (Wildman–Crippen LogP) is 4.11. The Morgan fingerprint density at radius 3 is 2.88 bits per heavy atom. The Balaban J connectivity index is 1.56. The minimum absolute atomic E-state index is 0.190. The van der Waals surface area contributed by atoms with Crippen LogP contribution in [0.3, 0.4) is 0 Å². The van der Waals surface area contributed by atoms with Crippen LogP contribution in [-0.2, 0) is 9.53 Å². The second-order valence-corrected chi connectivity index (χ2v) is 5.70. The Labute approximate surface area is 142 Å². The number of aromatic amines is 1. The maximum absolute atomic E-state index is 12.1. The van der Waals surface area contributed by atoms with Crippen LogP contribution in [0.4, 0.5) is 5.69 Å². The van der Waals surface area contributed by atoms with E-state index in [0.29, 0.717) is 10.9 Å². The number of hydrogen-bond donors (Lipinski definition) is 2. The molecule has 118 valence electrons. The number of allylic oxidation sites excluding steroid dienone is 1. The van der Waals surface area contributed by atoms with Gasteiger partial charge in [-0.1, -0.05) is 11.6 Å². The number of anilines is 1. The number of nitrogens with one attached hydrogen (secondary N) is 2. The monoisotopic (exact) mass is 337 g/mol. The highest BCUT2D eigenvalue weighted by Crippen LogP contribution is 2.25. The lowest BCUT2D eigenvalue weighted by molar-refractivity contribution is -0.112. The van der Waals surface area contributed by atoms with Crippen molar-refractivity contribution in [2.75, 3.05) is 5.32 Å². The van der Waals surface area contributed by atoms with Crippen molar-refractivity contribution >= 4 is 40.2 Å². The Morgan fingerprint density at radius 1 is 1.21 bits per heavy atom. The van der Waals surface area contributed by atoms with Crippen LogP contribution in [-0.4, -0.2) is 15.8 Å². The van der Waals surface area contributed by atoms with Gasteiger partial charge in [0.25, 0.3) is 0 Å². The first-order valence-electron chi connectivity index (χ1n) is 7.29. The molecular weight excluding hydrogens is 326 g/mol. The fourth-order valence-corrected chi connectivity index (χ4v) is 2.59. The van der Waals surface area contributed by atoms with Crippen LogP contribution in [0, 0.1) is 0 Å². The van der Waals surface area contributed by atoms with Gasteiger partial charge < -0.3 is 15.0 Å². The van der Waals surface area contributed by atoms with Gasteiger partial charge in [-0.3, -0.25) is 4.79 Å². The number of hydrogen-bond acceptors (Lipinski definition) is 4. The number of halogens is 1. The van der Waals surface area contributed by atoms with E-state index in [9.17, 15) is 4.79 Å². The molecule has 24 heavy (non-hydrogen) atoms. The Hall–Kier alpha value is -3.05. The summed E-state index contributed by atoms with van der Waals surface area (Å²) >= 11 is 5.86. The van der Waals surface area contributed by atoms with Crippen LogP contribution in [0.25, 0.3) is 17.1 Å². The highest BCUT2D eigenvalue weighted by Gasteiger charge is 2.21. The van der Waals surface area contributed by atoms with Crippen LogP contribution in [0.5, 0.6) is 0 Å². The summed E-state index contributed by atoms with van der Waals surface area (Å²) in [6, 6.07) is 10.9. The SMILES string of the molecule is O=C1C=C(Nc2ccc(Cl)cc2)OC1=Cc1c[nH]c2ncccc12.